The van der Waals surface area contributed by atoms with Crippen molar-refractivity contribution in [1.82, 2.24) is 10.2 Å². The molecule has 3 aromatic carbocycles. The van der Waals surface area contributed by atoms with Crippen LogP contribution in [0.15, 0.2) is 78.9 Å². The highest BCUT2D eigenvalue weighted by molar-refractivity contribution is 7.92. The van der Waals surface area contributed by atoms with Crippen LogP contribution in [0.4, 0.5) is 5.69 Å². The number of benzene rings is 3. The number of nitrogens with one attached hydrogen (secondary N) is 1. The van der Waals surface area contributed by atoms with Gasteiger partial charge in [-0.25, -0.2) is 8.42 Å². The Morgan fingerprint density at radius 2 is 1.58 bits per heavy atom. The van der Waals surface area contributed by atoms with Crippen molar-refractivity contribution < 1.29 is 22.7 Å². The number of hydrogen-bond acceptors (Lipinski definition) is 5. The number of amides is 2. The molecule has 0 aromatic heterocycles. The van der Waals surface area contributed by atoms with Crippen molar-refractivity contribution in [3.8, 4) is 5.75 Å². The van der Waals surface area contributed by atoms with Crippen LogP contribution in [0.3, 0.4) is 0 Å². The van der Waals surface area contributed by atoms with Crippen molar-refractivity contribution in [3.63, 3.8) is 0 Å². The lowest BCUT2D eigenvalue weighted by Crippen LogP contribution is -2.51. The number of halogens is 1. The molecule has 1 atom stereocenters. The molecule has 3 aromatic rings. The van der Waals surface area contributed by atoms with Gasteiger partial charge in [0.05, 0.1) is 18.6 Å². The van der Waals surface area contributed by atoms with Gasteiger partial charge in [-0.05, 0) is 66.8 Å². The van der Waals surface area contributed by atoms with E-state index in [1.807, 2.05) is 63.2 Å². The molecular weight excluding hydrogens is 586 g/mol. The standard InChI is InChI=1S/C33H42ClN3O5S/c1-5-42-30-19-17-29(18-20-30)37(43(4,40)41)21-9-12-32(38)36(24-27-13-15-28(34)16-14-27)31(33(39)35-23-25(2)3)22-26-10-7-6-8-11-26/h6-8,10-11,13-20,25,31H,5,9,12,21-24H2,1-4H3,(H,35,39)/t31-/m1/s1. The van der Waals surface area contributed by atoms with Crippen LogP contribution in [0, 0.1) is 5.92 Å². The first-order valence-corrected chi connectivity index (χ1v) is 16.8. The van der Waals surface area contributed by atoms with Gasteiger partial charge in [-0.2, -0.15) is 0 Å². The molecule has 3 rings (SSSR count). The molecule has 0 spiro atoms. The van der Waals surface area contributed by atoms with Crippen LogP contribution in [0.5, 0.6) is 5.75 Å². The monoisotopic (exact) mass is 627 g/mol. The zero-order valence-electron chi connectivity index (χ0n) is 25.3. The summed E-state index contributed by atoms with van der Waals surface area (Å²) in [6.07, 6.45) is 1.81. The average Bonchev–Trinajstić information content (AvgIpc) is 2.97. The summed E-state index contributed by atoms with van der Waals surface area (Å²) in [6.45, 7) is 7.21. The first-order chi connectivity index (χ1) is 20.5. The lowest BCUT2D eigenvalue weighted by Gasteiger charge is -2.32. The van der Waals surface area contributed by atoms with Crippen LogP contribution in [0.1, 0.15) is 44.7 Å². The SMILES string of the molecule is CCOc1ccc(N(CCCC(=O)N(Cc2ccc(Cl)cc2)[C@H](Cc2ccccc2)C(=O)NCC(C)C)S(C)(=O)=O)cc1. The van der Waals surface area contributed by atoms with Gasteiger partial charge in [-0.15, -0.1) is 0 Å². The molecule has 10 heteroatoms. The fourth-order valence-corrected chi connectivity index (χ4v) is 5.73. The highest BCUT2D eigenvalue weighted by Gasteiger charge is 2.30. The van der Waals surface area contributed by atoms with Gasteiger partial charge in [-0.1, -0.05) is 67.9 Å². The van der Waals surface area contributed by atoms with Crippen LogP contribution in [0.2, 0.25) is 5.02 Å². The molecule has 0 saturated heterocycles. The molecule has 232 valence electrons. The first kappa shape index (κ1) is 33.9. The van der Waals surface area contributed by atoms with Crippen molar-refractivity contribution >= 4 is 39.1 Å². The Kier molecular flexibility index (Phi) is 12.9. The smallest absolute Gasteiger partial charge is 0.243 e. The molecule has 2 amide bonds. The molecule has 0 heterocycles. The summed E-state index contributed by atoms with van der Waals surface area (Å²) in [4.78, 5) is 29.1. The maximum atomic E-state index is 13.9. The van der Waals surface area contributed by atoms with E-state index in [1.54, 1.807) is 41.3 Å². The molecule has 0 radical (unpaired) electrons. The minimum Gasteiger partial charge on any atom is -0.494 e. The van der Waals surface area contributed by atoms with Gasteiger partial charge < -0.3 is 15.0 Å². The molecule has 0 aliphatic carbocycles. The van der Waals surface area contributed by atoms with Gasteiger partial charge in [0.25, 0.3) is 0 Å². The second kappa shape index (κ2) is 16.3. The molecule has 0 bridgehead atoms. The highest BCUT2D eigenvalue weighted by Crippen LogP contribution is 2.23. The molecule has 0 fully saturated rings. The molecule has 0 aliphatic rings. The number of nitrogens with zero attached hydrogens (tertiary/aromatic N) is 2. The predicted molar refractivity (Wildman–Crippen MR) is 173 cm³/mol. The number of hydrogen-bond donors (Lipinski definition) is 1. The van der Waals surface area contributed by atoms with E-state index in [9.17, 15) is 18.0 Å². The first-order valence-electron chi connectivity index (χ1n) is 14.5. The van der Waals surface area contributed by atoms with E-state index in [-0.39, 0.29) is 43.7 Å². The van der Waals surface area contributed by atoms with Crippen molar-refractivity contribution in [2.24, 2.45) is 5.92 Å². The normalized spacial score (nSPS) is 12.0. The van der Waals surface area contributed by atoms with Crippen molar-refractivity contribution in [2.75, 3.05) is 30.3 Å². The Hall–Kier alpha value is -3.56. The summed E-state index contributed by atoms with van der Waals surface area (Å²) in [7, 11) is -3.61. The number of ether oxygens (including phenoxy) is 1. The molecule has 1 N–H and O–H groups in total. The molecule has 0 saturated carbocycles. The number of carbonyl (C=O) groups is 2. The van der Waals surface area contributed by atoms with Crippen LogP contribution >= 0.6 is 11.6 Å². The van der Waals surface area contributed by atoms with Gasteiger partial charge in [0, 0.05) is 37.5 Å². The third-order valence-electron chi connectivity index (χ3n) is 6.81. The third kappa shape index (κ3) is 10.9. The Bertz CT molecular complexity index is 1420. The number of carbonyl (C=O) groups excluding carboxylic acids is 2. The summed E-state index contributed by atoms with van der Waals surface area (Å²) in [5, 5.41) is 3.59. The average molecular weight is 628 g/mol. The Morgan fingerprint density at radius 1 is 0.930 bits per heavy atom. The van der Waals surface area contributed by atoms with E-state index in [4.69, 9.17) is 16.3 Å². The molecule has 0 aliphatic heterocycles. The highest BCUT2D eigenvalue weighted by atomic mass is 35.5. The number of sulfonamides is 1. The Morgan fingerprint density at radius 3 is 2.16 bits per heavy atom. The van der Waals surface area contributed by atoms with E-state index in [2.05, 4.69) is 5.32 Å². The number of anilines is 1. The molecule has 43 heavy (non-hydrogen) atoms. The second-order valence-electron chi connectivity index (χ2n) is 10.9. The minimum atomic E-state index is -3.61. The van der Waals surface area contributed by atoms with E-state index >= 15 is 0 Å². The maximum Gasteiger partial charge on any atom is 0.243 e. The summed E-state index contributed by atoms with van der Waals surface area (Å²) in [5.74, 6) is 0.418. The molecule has 0 unspecified atom stereocenters. The second-order valence-corrected chi connectivity index (χ2v) is 13.2. The largest absolute Gasteiger partial charge is 0.494 e. The van der Waals surface area contributed by atoms with E-state index < -0.39 is 16.1 Å². The van der Waals surface area contributed by atoms with Crippen LogP contribution in [-0.2, 0) is 32.6 Å². The van der Waals surface area contributed by atoms with Gasteiger partial charge in [0.1, 0.15) is 11.8 Å². The van der Waals surface area contributed by atoms with Crippen molar-refractivity contribution in [2.45, 2.75) is 52.6 Å². The Labute approximate surface area is 261 Å². The Balaban J connectivity index is 1.85. The van der Waals surface area contributed by atoms with Crippen molar-refractivity contribution in [3.05, 3.63) is 95.0 Å². The summed E-state index contributed by atoms with van der Waals surface area (Å²) >= 11 is 6.11. The van der Waals surface area contributed by atoms with Crippen LogP contribution in [0.25, 0.3) is 0 Å². The van der Waals surface area contributed by atoms with E-state index in [0.717, 1.165) is 17.4 Å². The van der Waals surface area contributed by atoms with E-state index in [0.29, 0.717) is 36.0 Å². The predicted octanol–water partition coefficient (Wildman–Crippen LogP) is 5.70. The lowest BCUT2D eigenvalue weighted by molar-refractivity contribution is -0.141. The summed E-state index contributed by atoms with van der Waals surface area (Å²) in [5.41, 5.74) is 2.26. The van der Waals surface area contributed by atoms with Crippen LogP contribution in [-0.4, -0.2) is 57.1 Å². The summed E-state index contributed by atoms with van der Waals surface area (Å²) < 4.78 is 32.1. The zero-order chi connectivity index (χ0) is 31.4. The minimum absolute atomic E-state index is 0.0549. The van der Waals surface area contributed by atoms with Crippen molar-refractivity contribution in [1.29, 1.82) is 0 Å². The zero-order valence-corrected chi connectivity index (χ0v) is 26.9. The van der Waals surface area contributed by atoms with Gasteiger partial charge >= 0.3 is 0 Å². The lowest BCUT2D eigenvalue weighted by atomic mass is 10.0. The molecule has 8 nitrogen and oxygen atoms in total. The summed E-state index contributed by atoms with van der Waals surface area (Å²) in [6, 6.07) is 22.9. The van der Waals surface area contributed by atoms with Crippen LogP contribution < -0.4 is 14.4 Å². The molecular formula is C33H42ClN3O5S. The fraction of sp³-hybridized carbons (Fsp3) is 0.394. The fourth-order valence-electron chi connectivity index (χ4n) is 4.64. The quantitative estimate of drug-likeness (QED) is 0.220. The van der Waals surface area contributed by atoms with Gasteiger partial charge in [-0.3, -0.25) is 13.9 Å². The van der Waals surface area contributed by atoms with E-state index in [1.165, 1.54) is 4.31 Å². The third-order valence-corrected chi connectivity index (χ3v) is 8.26. The number of rotatable bonds is 16. The topological polar surface area (TPSA) is 96.0 Å². The maximum absolute atomic E-state index is 13.9. The van der Waals surface area contributed by atoms with Gasteiger partial charge in [0.15, 0.2) is 0 Å². The van der Waals surface area contributed by atoms with Gasteiger partial charge in [0.2, 0.25) is 21.8 Å².